The Morgan fingerprint density at radius 1 is 1.15 bits per heavy atom. The quantitative estimate of drug-likeness (QED) is 0.164. The van der Waals surface area contributed by atoms with Gasteiger partial charge in [0.1, 0.15) is 31.1 Å². The topological polar surface area (TPSA) is 256 Å². The summed E-state index contributed by atoms with van der Waals surface area (Å²) in [6, 6.07) is 0. The van der Waals surface area contributed by atoms with Gasteiger partial charge in [0.25, 0.3) is 21.2 Å². The molecule has 23 heteroatoms. The van der Waals surface area contributed by atoms with E-state index in [1.807, 2.05) is 4.98 Å². The van der Waals surface area contributed by atoms with Gasteiger partial charge in [-0.05, 0) is 0 Å². The standard InChI is InChI=1S/C10H17N2O14P3S.3Na/c1-12-2-4(9(15)11-10(12)16)8-7(14)6(13)5(24-8)3-23-28(20,21)26-29(22,30)25-27(17,18)19;;;/h2,5-8,13-14H,3H2,1H3,(H,20,21)(H,22,30)(H,11,15,16)(H2,17,18,19);;;/q;3*+1/p-3/t5-,6-,7-,8+,29?;;;/m1.../s1. The number of rotatable bonds is 8. The number of phosphoric ester groups is 1. The van der Waals surface area contributed by atoms with Gasteiger partial charge in [0.05, 0.1) is 12.2 Å². The van der Waals surface area contributed by atoms with Gasteiger partial charge in [-0.3, -0.25) is 27.5 Å². The van der Waals surface area contributed by atoms with Crippen LogP contribution in [0.15, 0.2) is 15.8 Å². The zero-order chi connectivity index (χ0) is 23.1. The van der Waals surface area contributed by atoms with Crippen LogP contribution in [0.4, 0.5) is 0 Å². The number of H-pyrrole nitrogens is 1. The fourth-order valence-corrected chi connectivity index (χ4v) is 6.77. The molecule has 7 atom stereocenters. The van der Waals surface area contributed by atoms with E-state index in [2.05, 4.69) is 25.0 Å². The summed E-state index contributed by atoms with van der Waals surface area (Å²) in [5, 5.41) is 20.1. The Labute approximate surface area is 257 Å². The molecule has 0 amide bonds. The molecule has 1 aliphatic rings. The van der Waals surface area contributed by atoms with Gasteiger partial charge in [-0.25, -0.2) is 4.79 Å². The number of aromatic nitrogens is 2. The first-order valence-electron chi connectivity index (χ1n) is 7.56. The van der Waals surface area contributed by atoms with Crippen molar-refractivity contribution >= 4 is 34.2 Å². The predicted octanol–water partition coefficient (Wildman–Crippen LogP) is -13.2. The summed E-state index contributed by atoms with van der Waals surface area (Å²) < 4.78 is 39.9. The first kappa shape index (κ1) is 37.5. The summed E-state index contributed by atoms with van der Waals surface area (Å²) in [7, 11) is -10.0. The van der Waals surface area contributed by atoms with E-state index in [9.17, 15) is 43.6 Å². The molecule has 1 fully saturated rings. The van der Waals surface area contributed by atoms with Gasteiger partial charge in [-0.15, -0.1) is 0 Å². The zero-order valence-corrected chi connectivity index (χ0v) is 27.1. The summed E-state index contributed by atoms with van der Waals surface area (Å²) in [5.74, 6) is 0. The molecule has 1 aromatic rings. The smallest absolute Gasteiger partial charge is 0.779 e. The van der Waals surface area contributed by atoms with Crippen molar-refractivity contribution in [3.63, 3.8) is 0 Å². The van der Waals surface area contributed by atoms with Crippen molar-refractivity contribution in [2.24, 2.45) is 7.05 Å². The first-order chi connectivity index (χ1) is 13.5. The average molecular weight is 580 g/mol. The maximum atomic E-state index is 11.9. The van der Waals surface area contributed by atoms with Gasteiger partial charge < -0.3 is 43.6 Å². The molecule has 2 rings (SSSR count). The third-order valence-electron chi connectivity index (χ3n) is 3.60. The van der Waals surface area contributed by atoms with Crippen molar-refractivity contribution in [3.05, 3.63) is 32.6 Å². The van der Waals surface area contributed by atoms with Crippen molar-refractivity contribution in [1.82, 2.24) is 9.55 Å². The van der Waals surface area contributed by atoms with Gasteiger partial charge in [0.2, 0.25) is 0 Å². The number of aliphatic hydroxyl groups excluding tert-OH is 2. The SMILES string of the molecule is Cn1cc([C@@H]2O[C@H](COP(=O)([O-])OP([O-])(=S)OP(=O)([O-])O)[C@@H](O)[C@H]2O)c(=O)[nH]c1=O.[Na+].[Na+].[Na+]. The van der Waals surface area contributed by atoms with E-state index in [1.54, 1.807) is 0 Å². The number of hydrogen-bond acceptors (Lipinski definition) is 14. The molecular weight excluding hydrogens is 566 g/mol. The van der Waals surface area contributed by atoms with Crippen LogP contribution in [-0.4, -0.2) is 49.6 Å². The van der Waals surface area contributed by atoms with E-state index in [4.69, 9.17) is 9.63 Å². The molecule has 1 aliphatic heterocycles. The maximum Gasteiger partial charge on any atom is 1.00 e. The van der Waals surface area contributed by atoms with E-state index in [1.165, 1.54) is 7.05 Å². The Balaban J connectivity index is 0. The second-order valence-electron chi connectivity index (χ2n) is 5.85. The molecule has 1 aromatic heterocycles. The summed E-state index contributed by atoms with van der Waals surface area (Å²) in [4.78, 5) is 67.3. The molecule has 2 heterocycles. The molecule has 0 bridgehead atoms. The number of hydrogen-bond donors (Lipinski definition) is 4. The molecule has 0 spiro atoms. The Bertz CT molecular complexity index is 1060. The number of phosphoric acid groups is 2. The van der Waals surface area contributed by atoms with Crippen LogP contribution in [0, 0.1) is 0 Å². The van der Waals surface area contributed by atoms with Crippen LogP contribution in [0.3, 0.4) is 0 Å². The van der Waals surface area contributed by atoms with E-state index >= 15 is 0 Å². The molecule has 1 saturated heterocycles. The van der Waals surface area contributed by atoms with Crippen LogP contribution in [0.2, 0.25) is 0 Å². The number of aryl methyl sites for hydroxylation is 1. The largest absolute Gasteiger partial charge is 1.00 e. The Morgan fingerprint density at radius 2 is 1.70 bits per heavy atom. The van der Waals surface area contributed by atoms with Crippen molar-refractivity contribution in [2.75, 3.05) is 6.61 Å². The minimum Gasteiger partial charge on any atom is -0.779 e. The molecule has 33 heavy (non-hydrogen) atoms. The third-order valence-corrected chi connectivity index (χ3v) is 8.50. The summed E-state index contributed by atoms with van der Waals surface area (Å²) >= 11 is 3.99. The van der Waals surface area contributed by atoms with Crippen LogP contribution < -0.4 is 115 Å². The Kier molecular flexibility index (Phi) is 16.5. The molecule has 16 nitrogen and oxygen atoms in total. The first-order valence-corrected chi connectivity index (χ1v) is 13.1. The van der Waals surface area contributed by atoms with Crippen molar-refractivity contribution in [1.29, 1.82) is 0 Å². The van der Waals surface area contributed by atoms with Gasteiger partial charge in [0, 0.05) is 13.2 Å². The van der Waals surface area contributed by atoms with E-state index < -0.39 is 64.6 Å². The van der Waals surface area contributed by atoms with Gasteiger partial charge in [-0.1, -0.05) is 11.8 Å². The predicted molar refractivity (Wildman–Crippen MR) is 91.8 cm³/mol. The number of nitrogens with one attached hydrogen (secondary N) is 1. The summed E-state index contributed by atoms with van der Waals surface area (Å²) in [5.41, 5.74) is -1.95. The fourth-order valence-electron chi connectivity index (χ4n) is 2.38. The number of ether oxygens (including phenoxy) is 1. The zero-order valence-electron chi connectivity index (χ0n) is 17.6. The molecule has 3 unspecified atom stereocenters. The molecule has 0 saturated carbocycles. The van der Waals surface area contributed by atoms with Gasteiger partial charge in [0.15, 0.2) is 0 Å². The van der Waals surface area contributed by atoms with Gasteiger partial charge in [-0.2, -0.15) is 0 Å². The van der Waals surface area contributed by atoms with Crippen LogP contribution in [0.1, 0.15) is 11.7 Å². The van der Waals surface area contributed by atoms with Crippen LogP contribution in [-0.2, 0) is 45.9 Å². The van der Waals surface area contributed by atoms with E-state index in [0.717, 1.165) is 10.8 Å². The minimum atomic E-state index is -5.70. The maximum absolute atomic E-state index is 11.9. The molecule has 0 radical (unpaired) electrons. The molecule has 0 aliphatic carbocycles. The third kappa shape index (κ3) is 11.3. The minimum absolute atomic E-state index is 0. The molecule has 172 valence electrons. The Morgan fingerprint density at radius 3 is 2.21 bits per heavy atom. The number of aromatic amines is 1. The Hall–Kier alpha value is 2.39. The van der Waals surface area contributed by atoms with Crippen molar-refractivity contribution in [2.45, 2.75) is 24.4 Å². The summed E-state index contributed by atoms with van der Waals surface area (Å²) in [6.45, 7) is -6.33. The van der Waals surface area contributed by atoms with Crippen molar-refractivity contribution in [3.8, 4) is 0 Å². The molecular formula is C10H14N2Na3O14P3S. The van der Waals surface area contributed by atoms with Crippen LogP contribution >= 0.6 is 22.4 Å². The average Bonchev–Trinajstić information content (AvgIpc) is 2.81. The number of aliphatic hydroxyl groups is 2. The van der Waals surface area contributed by atoms with Gasteiger partial charge >= 0.3 is 94.4 Å². The van der Waals surface area contributed by atoms with Crippen molar-refractivity contribution < 1.29 is 145 Å². The normalized spacial score (nSPS) is 27.6. The fraction of sp³-hybridized carbons (Fsp3) is 0.600. The monoisotopic (exact) mass is 580 g/mol. The van der Waals surface area contributed by atoms with Crippen LogP contribution in [0.25, 0.3) is 0 Å². The second-order valence-corrected chi connectivity index (χ2v) is 11.5. The summed E-state index contributed by atoms with van der Waals surface area (Å²) in [6.07, 6.45) is -5.53. The number of nitrogens with zero attached hydrogens (tertiary/aromatic N) is 1. The van der Waals surface area contributed by atoms with E-state index in [0.29, 0.717) is 0 Å². The van der Waals surface area contributed by atoms with E-state index in [-0.39, 0.29) is 94.2 Å². The van der Waals surface area contributed by atoms with Crippen LogP contribution in [0.5, 0.6) is 0 Å². The second kappa shape index (κ2) is 14.5. The molecule has 4 N–H and O–H groups in total. The molecule has 0 aromatic carbocycles.